The van der Waals surface area contributed by atoms with Gasteiger partial charge in [-0.2, -0.15) is 4.98 Å². The molecule has 0 atom stereocenters. The van der Waals surface area contributed by atoms with Gasteiger partial charge in [0.2, 0.25) is 5.95 Å². The molecule has 0 amide bonds. The lowest BCUT2D eigenvalue weighted by atomic mass is 10.2. The molecule has 0 aliphatic rings. The first kappa shape index (κ1) is 12.6. The van der Waals surface area contributed by atoms with Gasteiger partial charge in [0.15, 0.2) is 5.82 Å². The Morgan fingerprint density at radius 3 is 2.89 bits per heavy atom. The Bertz CT molecular complexity index is 544. The minimum Gasteiger partial charge on any atom is -0.363 e. The van der Waals surface area contributed by atoms with Crippen molar-refractivity contribution in [2.45, 2.75) is 13.5 Å². The molecule has 2 N–H and O–H groups in total. The number of anilines is 2. The fourth-order valence-corrected chi connectivity index (χ4v) is 1.64. The van der Waals surface area contributed by atoms with Gasteiger partial charge >= 0.3 is 0 Å². The molecule has 0 bridgehead atoms. The average Bonchev–Trinajstić information content (AvgIpc) is 2.39. The van der Waals surface area contributed by atoms with Crippen molar-refractivity contribution in [1.82, 2.24) is 15.0 Å². The van der Waals surface area contributed by atoms with Crippen molar-refractivity contribution < 1.29 is 0 Å². The maximum atomic E-state index is 6.02. The van der Waals surface area contributed by atoms with Crippen molar-refractivity contribution >= 4 is 23.4 Å². The lowest BCUT2D eigenvalue weighted by molar-refractivity contribution is 0.999. The maximum absolute atomic E-state index is 6.02. The van der Waals surface area contributed by atoms with Crippen LogP contribution in [0.3, 0.4) is 0 Å². The van der Waals surface area contributed by atoms with Gasteiger partial charge in [-0.05, 0) is 18.6 Å². The molecule has 0 radical (unpaired) electrons. The minimum absolute atomic E-state index is 0.489. The van der Waals surface area contributed by atoms with E-state index in [2.05, 4.69) is 25.6 Å². The lowest BCUT2D eigenvalue weighted by Crippen LogP contribution is -2.07. The SMILES string of the molecule is CNc1ncc(Cl)c(NCc2ncccc2C)n1. The van der Waals surface area contributed by atoms with Crippen LogP contribution in [-0.4, -0.2) is 22.0 Å². The number of pyridine rings is 1. The Labute approximate surface area is 111 Å². The topological polar surface area (TPSA) is 62.7 Å². The summed E-state index contributed by atoms with van der Waals surface area (Å²) < 4.78 is 0. The molecule has 2 rings (SSSR count). The molecule has 0 aliphatic carbocycles. The van der Waals surface area contributed by atoms with Gasteiger partial charge in [-0.15, -0.1) is 0 Å². The Kier molecular flexibility index (Phi) is 3.94. The van der Waals surface area contributed by atoms with E-state index >= 15 is 0 Å². The number of aryl methyl sites for hydroxylation is 1. The van der Waals surface area contributed by atoms with Crippen LogP contribution in [0.15, 0.2) is 24.5 Å². The van der Waals surface area contributed by atoms with Crippen molar-refractivity contribution in [3.8, 4) is 0 Å². The van der Waals surface area contributed by atoms with Crippen molar-refractivity contribution in [2.24, 2.45) is 0 Å². The van der Waals surface area contributed by atoms with Crippen LogP contribution < -0.4 is 10.6 Å². The van der Waals surface area contributed by atoms with Crippen LogP contribution in [-0.2, 0) is 6.54 Å². The molecule has 5 nitrogen and oxygen atoms in total. The predicted octanol–water partition coefficient (Wildman–Crippen LogP) is 2.49. The Morgan fingerprint density at radius 2 is 2.17 bits per heavy atom. The van der Waals surface area contributed by atoms with Crippen molar-refractivity contribution in [3.63, 3.8) is 0 Å². The highest BCUT2D eigenvalue weighted by atomic mass is 35.5. The van der Waals surface area contributed by atoms with Gasteiger partial charge in [0.05, 0.1) is 18.4 Å². The van der Waals surface area contributed by atoms with E-state index in [1.807, 2.05) is 19.1 Å². The van der Waals surface area contributed by atoms with E-state index in [0.717, 1.165) is 11.3 Å². The van der Waals surface area contributed by atoms with E-state index in [1.165, 1.54) is 0 Å². The standard InChI is InChI=1S/C12H14ClN5/c1-8-4-3-5-15-10(8)7-16-11-9(13)6-17-12(14-2)18-11/h3-6H,7H2,1-2H3,(H2,14,16,17,18). The Hall–Kier alpha value is -1.88. The number of nitrogens with zero attached hydrogens (tertiary/aromatic N) is 3. The summed E-state index contributed by atoms with van der Waals surface area (Å²) in [4.78, 5) is 12.6. The zero-order valence-electron chi connectivity index (χ0n) is 10.2. The summed E-state index contributed by atoms with van der Waals surface area (Å²) >= 11 is 6.02. The first-order valence-corrected chi connectivity index (χ1v) is 5.93. The number of hydrogen-bond donors (Lipinski definition) is 2. The van der Waals surface area contributed by atoms with Gasteiger partial charge in [-0.25, -0.2) is 4.98 Å². The lowest BCUT2D eigenvalue weighted by Gasteiger charge is -2.09. The molecule has 0 saturated heterocycles. The van der Waals surface area contributed by atoms with Crippen molar-refractivity contribution in [3.05, 3.63) is 40.8 Å². The Morgan fingerprint density at radius 1 is 1.33 bits per heavy atom. The molecule has 0 spiro atoms. The van der Waals surface area contributed by atoms with Crippen LogP contribution >= 0.6 is 11.6 Å². The van der Waals surface area contributed by atoms with Crippen LogP contribution in [0.1, 0.15) is 11.3 Å². The van der Waals surface area contributed by atoms with Crippen molar-refractivity contribution in [2.75, 3.05) is 17.7 Å². The van der Waals surface area contributed by atoms with E-state index in [-0.39, 0.29) is 0 Å². The summed E-state index contributed by atoms with van der Waals surface area (Å²) in [7, 11) is 1.76. The second-order valence-electron chi connectivity index (χ2n) is 3.76. The third-order valence-corrected chi connectivity index (χ3v) is 2.79. The molecule has 94 valence electrons. The fourth-order valence-electron chi connectivity index (χ4n) is 1.48. The second kappa shape index (κ2) is 5.64. The summed E-state index contributed by atoms with van der Waals surface area (Å²) in [5, 5.41) is 6.52. The Balaban J connectivity index is 2.13. The van der Waals surface area contributed by atoms with Crippen LogP contribution in [0.25, 0.3) is 0 Å². The molecule has 0 aromatic carbocycles. The van der Waals surface area contributed by atoms with Gasteiger partial charge in [0.25, 0.3) is 0 Å². The van der Waals surface area contributed by atoms with Crippen LogP contribution in [0, 0.1) is 6.92 Å². The van der Waals surface area contributed by atoms with Crippen LogP contribution in [0.2, 0.25) is 5.02 Å². The van der Waals surface area contributed by atoms with E-state index < -0.39 is 0 Å². The molecule has 18 heavy (non-hydrogen) atoms. The quantitative estimate of drug-likeness (QED) is 0.887. The molecule has 0 unspecified atom stereocenters. The number of nitrogens with one attached hydrogen (secondary N) is 2. The third kappa shape index (κ3) is 2.87. The molecule has 2 heterocycles. The molecule has 2 aromatic heterocycles. The molecular formula is C12H14ClN5. The molecule has 2 aromatic rings. The first-order chi connectivity index (χ1) is 8.70. The van der Waals surface area contributed by atoms with Gasteiger partial charge in [-0.1, -0.05) is 17.7 Å². The highest BCUT2D eigenvalue weighted by Crippen LogP contribution is 2.20. The summed E-state index contributed by atoms with van der Waals surface area (Å²) in [6.07, 6.45) is 3.33. The van der Waals surface area contributed by atoms with Gasteiger partial charge in [0, 0.05) is 13.2 Å². The highest BCUT2D eigenvalue weighted by Gasteiger charge is 2.05. The average molecular weight is 264 g/mol. The van der Waals surface area contributed by atoms with E-state index in [0.29, 0.717) is 23.3 Å². The third-order valence-electron chi connectivity index (χ3n) is 2.51. The molecule has 0 fully saturated rings. The van der Waals surface area contributed by atoms with E-state index in [9.17, 15) is 0 Å². The van der Waals surface area contributed by atoms with Crippen LogP contribution in [0.4, 0.5) is 11.8 Å². The van der Waals surface area contributed by atoms with E-state index in [1.54, 1.807) is 19.4 Å². The van der Waals surface area contributed by atoms with E-state index in [4.69, 9.17) is 11.6 Å². The fraction of sp³-hybridized carbons (Fsp3) is 0.250. The monoisotopic (exact) mass is 263 g/mol. The number of aromatic nitrogens is 3. The zero-order chi connectivity index (χ0) is 13.0. The van der Waals surface area contributed by atoms with Crippen molar-refractivity contribution in [1.29, 1.82) is 0 Å². The number of halogens is 1. The second-order valence-corrected chi connectivity index (χ2v) is 4.17. The maximum Gasteiger partial charge on any atom is 0.224 e. The van der Waals surface area contributed by atoms with Gasteiger partial charge in [-0.3, -0.25) is 4.98 Å². The molecule has 0 saturated carbocycles. The summed E-state index contributed by atoms with van der Waals surface area (Å²) in [5.74, 6) is 1.13. The summed E-state index contributed by atoms with van der Waals surface area (Å²) in [6.45, 7) is 2.59. The minimum atomic E-state index is 0.489. The van der Waals surface area contributed by atoms with Gasteiger partial charge < -0.3 is 10.6 Å². The first-order valence-electron chi connectivity index (χ1n) is 5.55. The zero-order valence-corrected chi connectivity index (χ0v) is 11.0. The molecule has 6 heteroatoms. The number of rotatable bonds is 4. The summed E-state index contributed by atoms with van der Waals surface area (Å²) in [5.41, 5.74) is 2.10. The summed E-state index contributed by atoms with van der Waals surface area (Å²) in [6, 6.07) is 3.93. The molecular weight excluding hydrogens is 250 g/mol. The predicted molar refractivity (Wildman–Crippen MR) is 72.9 cm³/mol. The molecule has 0 aliphatic heterocycles. The van der Waals surface area contributed by atoms with Crippen LogP contribution in [0.5, 0.6) is 0 Å². The smallest absolute Gasteiger partial charge is 0.224 e. The van der Waals surface area contributed by atoms with Gasteiger partial charge in [0.1, 0.15) is 5.02 Å². The normalized spacial score (nSPS) is 10.2. The highest BCUT2D eigenvalue weighted by molar-refractivity contribution is 6.32. The largest absolute Gasteiger partial charge is 0.363 e. The number of hydrogen-bond acceptors (Lipinski definition) is 5.